The lowest BCUT2D eigenvalue weighted by Crippen LogP contribution is -2.36. The summed E-state index contributed by atoms with van der Waals surface area (Å²) in [5.74, 6) is -2.53. The third-order valence-corrected chi connectivity index (χ3v) is 5.15. The van der Waals surface area contributed by atoms with E-state index in [9.17, 15) is 23.9 Å². The fraction of sp³-hybridized carbons (Fsp3) is 0.148. The smallest absolute Gasteiger partial charge is 0.414 e. The van der Waals surface area contributed by atoms with Crippen LogP contribution in [0.5, 0.6) is 11.5 Å². The van der Waals surface area contributed by atoms with E-state index in [1.807, 2.05) is 0 Å². The normalized spacial score (nSPS) is 12.4. The minimum absolute atomic E-state index is 0.163. The first-order chi connectivity index (χ1) is 17.9. The Kier molecular flexibility index (Phi) is 9.74. The summed E-state index contributed by atoms with van der Waals surface area (Å²) in [6, 6.07) is 20.1. The van der Waals surface area contributed by atoms with E-state index in [0.717, 1.165) is 18.2 Å². The standard InChI is InChI=1S/C27H25FN2O7/c28-21-17-19(15-16-22(21)31)25(37-27(34)29-26(33)18-9-3-1-4-10-18)23(13-7-8-14-24(32)30-35)36-20-11-5-2-6-12-20/h1-6,8-12,14-17,23,25,31,35H,7,13H2,(H,30,32)(H,29,33,34)/b14-8+/t23-,25-/m0/s1. The molecule has 0 heterocycles. The van der Waals surface area contributed by atoms with Crippen molar-refractivity contribution in [1.29, 1.82) is 0 Å². The molecular weight excluding hydrogens is 483 g/mol. The highest BCUT2D eigenvalue weighted by Gasteiger charge is 2.30. The number of para-hydroxylation sites is 1. The van der Waals surface area contributed by atoms with Crippen LogP contribution in [0.2, 0.25) is 0 Å². The molecule has 0 unspecified atom stereocenters. The number of carbonyl (C=O) groups is 3. The van der Waals surface area contributed by atoms with E-state index in [0.29, 0.717) is 5.75 Å². The lowest BCUT2D eigenvalue weighted by Gasteiger charge is -2.28. The van der Waals surface area contributed by atoms with Crippen molar-refractivity contribution in [3.05, 3.63) is 108 Å². The lowest BCUT2D eigenvalue weighted by atomic mass is 9.99. The van der Waals surface area contributed by atoms with Crippen molar-refractivity contribution in [2.24, 2.45) is 0 Å². The molecule has 0 aliphatic heterocycles. The molecule has 0 bridgehead atoms. The Bertz CT molecular complexity index is 1240. The Morgan fingerprint density at radius 3 is 2.30 bits per heavy atom. The number of hydroxylamine groups is 1. The molecule has 0 radical (unpaired) electrons. The van der Waals surface area contributed by atoms with Gasteiger partial charge < -0.3 is 14.6 Å². The number of carbonyl (C=O) groups excluding carboxylic acids is 3. The quantitative estimate of drug-likeness (QED) is 0.181. The van der Waals surface area contributed by atoms with E-state index in [-0.39, 0.29) is 24.0 Å². The maximum atomic E-state index is 14.3. The van der Waals surface area contributed by atoms with Crippen LogP contribution >= 0.6 is 0 Å². The molecule has 0 spiro atoms. The van der Waals surface area contributed by atoms with Gasteiger partial charge in [-0.2, -0.15) is 0 Å². The molecule has 3 amide bonds. The number of aromatic hydroxyl groups is 1. The Hall–Kier alpha value is -4.70. The van der Waals surface area contributed by atoms with Crippen LogP contribution in [-0.4, -0.2) is 34.3 Å². The van der Waals surface area contributed by atoms with Gasteiger partial charge in [-0.25, -0.2) is 14.7 Å². The molecule has 4 N–H and O–H groups in total. The van der Waals surface area contributed by atoms with E-state index in [1.165, 1.54) is 29.8 Å². The molecule has 0 aliphatic carbocycles. The predicted molar refractivity (Wildman–Crippen MR) is 130 cm³/mol. The third-order valence-electron chi connectivity index (χ3n) is 5.15. The highest BCUT2D eigenvalue weighted by atomic mass is 19.1. The summed E-state index contributed by atoms with van der Waals surface area (Å²) in [6.07, 6.45) is -0.220. The second-order valence-corrected chi connectivity index (χ2v) is 7.78. The van der Waals surface area contributed by atoms with Crippen LogP contribution < -0.4 is 15.5 Å². The van der Waals surface area contributed by atoms with Crippen molar-refractivity contribution in [3.8, 4) is 11.5 Å². The van der Waals surface area contributed by atoms with E-state index in [4.69, 9.17) is 14.7 Å². The van der Waals surface area contributed by atoms with Crippen molar-refractivity contribution in [2.45, 2.75) is 25.0 Å². The van der Waals surface area contributed by atoms with Crippen molar-refractivity contribution in [1.82, 2.24) is 10.8 Å². The summed E-state index contributed by atoms with van der Waals surface area (Å²) in [6.45, 7) is 0. The number of hydrogen-bond donors (Lipinski definition) is 4. The zero-order valence-corrected chi connectivity index (χ0v) is 19.5. The average molecular weight is 509 g/mol. The van der Waals surface area contributed by atoms with Crippen LogP contribution in [0.1, 0.15) is 34.9 Å². The van der Waals surface area contributed by atoms with Crippen molar-refractivity contribution < 1.29 is 38.6 Å². The van der Waals surface area contributed by atoms with Gasteiger partial charge in [0, 0.05) is 11.6 Å². The van der Waals surface area contributed by atoms with Gasteiger partial charge in [0.15, 0.2) is 17.7 Å². The maximum Gasteiger partial charge on any atom is 0.414 e. The maximum absolute atomic E-state index is 14.3. The molecule has 0 aromatic heterocycles. The van der Waals surface area contributed by atoms with Gasteiger partial charge in [0.25, 0.3) is 11.8 Å². The number of phenols is 1. The fourth-order valence-corrected chi connectivity index (χ4v) is 3.39. The zero-order chi connectivity index (χ0) is 26.6. The van der Waals surface area contributed by atoms with Crippen molar-refractivity contribution in [2.75, 3.05) is 0 Å². The van der Waals surface area contributed by atoms with Gasteiger partial charge in [-0.1, -0.05) is 48.5 Å². The zero-order valence-electron chi connectivity index (χ0n) is 19.5. The summed E-state index contributed by atoms with van der Waals surface area (Å²) in [4.78, 5) is 36.4. The van der Waals surface area contributed by atoms with E-state index in [2.05, 4.69) is 5.32 Å². The van der Waals surface area contributed by atoms with Gasteiger partial charge in [0.05, 0.1) is 0 Å². The highest BCUT2D eigenvalue weighted by molar-refractivity contribution is 6.02. The number of amides is 3. The molecule has 3 aromatic rings. The molecule has 192 valence electrons. The molecule has 0 saturated heterocycles. The fourth-order valence-electron chi connectivity index (χ4n) is 3.39. The minimum Gasteiger partial charge on any atom is -0.505 e. The first kappa shape index (κ1) is 26.9. The number of benzene rings is 3. The lowest BCUT2D eigenvalue weighted by molar-refractivity contribution is -0.124. The second kappa shape index (κ2) is 13.4. The molecule has 10 heteroatoms. The number of rotatable bonds is 10. The predicted octanol–water partition coefficient (Wildman–Crippen LogP) is 4.43. The van der Waals surface area contributed by atoms with Gasteiger partial charge in [-0.05, 0) is 54.8 Å². The first-order valence-corrected chi connectivity index (χ1v) is 11.2. The molecule has 37 heavy (non-hydrogen) atoms. The molecule has 0 aliphatic rings. The van der Waals surface area contributed by atoms with E-state index in [1.54, 1.807) is 48.5 Å². The Balaban J connectivity index is 1.88. The highest BCUT2D eigenvalue weighted by Crippen LogP contribution is 2.31. The van der Waals surface area contributed by atoms with Crippen LogP contribution in [-0.2, 0) is 9.53 Å². The van der Waals surface area contributed by atoms with Crippen molar-refractivity contribution in [3.63, 3.8) is 0 Å². The van der Waals surface area contributed by atoms with Gasteiger partial charge in [-0.15, -0.1) is 0 Å². The molecule has 0 fully saturated rings. The molecule has 2 atom stereocenters. The largest absolute Gasteiger partial charge is 0.505 e. The molecule has 9 nitrogen and oxygen atoms in total. The van der Waals surface area contributed by atoms with Gasteiger partial charge in [0.1, 0.15) is 11.9 Å². The number of phenolic OH excluding ortho intramolecular Hbond substituents is 1. The first-order valence-electron chi connectivity index (χ1n) is 11.2. The summed E-state index contributed by atoms with van der Waals surface area (Å²) in [7, 11) is 0. The van der Waals surface area contributed by atoms with Crippen LogP contribution in [0.3, 0.4) is 0 Å². The summed E-state index contributed by atoms with van der Waals surface area (Å²) >= 11 is 0. The van der Waals surface area contributed by atoms with Gasteiger partial charge in [-0.3, -0.25) is 20.1 Å². The van der Waals surface area contributed by atoms with Crippen LogP contribution in [0.4, 0.5) is 9.18 Å². The molecular formula is C27H25FN2O7. The number of hydrogen-bond acceptors (Lipinski definition) is 7. The summed E-state index contributed by atoms with van der Waals surface area (Å²) < 4.78 is 25.9. The Labute approximate surface area is 212 Å². The topological polar surface area (TPSA) is 134 Å². The van der Waals surface area contributed by atoms with Gasteiger partial charge in [0.2, 0.25) is 0 Å². The van der Waals surface area contributed by atoms with Crippen LogP contribution in [0, 0.1) is 5.82 Å². The number of nitrogens with one attached hydrogen (secondary N) is 2. The number of ether oxygens (including phenoxy) is 2. The Morgan fingerprint density at radius 1 is 0.973 bits per heavy atom. The number of allylic oxidation sites excluding steroid dienone is 1. The van der Waals surface area contributed by atoms with E-state index < -0.39 is 41.7 Å². The second-order valence-electron chi connectivity index (χ2n) is 7.78. The van der Waals surface area contributed by atoms with Crippen LogP contribution in [0.15, 0.2) is 91.0 Å². The number of imide groups is 1. The Morgan fingerprint density at radius 2 is 1.65 bits per heavy atom. The minimum atomic E-state index is -1.22. The van der Waals surface area contributed by atoms with Gasteiger partial charge >= 0.3 is 6.09 Å². The average Bonchev–Trinajstić information content (AvgIpc) is 2.91. The molecule has 3 rings (SSSR count). The molecule has 0 saturated carbocycles. The monoisotopic (exact) mass is 508 g/mol. The third kappa shape index (κ3) is 8.18. The SMILES string of the molecule is O=C(/C=C/CC[C@H](Oc1ccccc1)[C@@H](OC(=O)NC(=O)c1ccccc1)c1ccc(O)c(F)c1)NO. The van der Waals surface area contributed by atoms with Crippen molar-refractivity contribution >= 4 is 17.9 Å². The van der Waals surface area contributed by atoms with Crippen LogP contribution in [0.25, 0.3) is 0 Å². The summed E-state index contributed by atoms with van der Waals surface area (Å²) in [5.41, 5.74) is 1.87. The number of alkyl carbamates (subject to hydrolysis) is 1. The number of halogens is 1. The summed E-state index contributed by atoms with van der Waals surface area (Å²) in [5, 5.41) is 20.4. The molecule has 3 aromatic carbocycles. The van der Waals surface area contributed by atoms with E-state index >= 15 is 0 Å².